The van der Waals surface area contributed by atoms with E-state index >= 15 is 0 Å². The molecular formula is C26H37FN2. The topological polar surface area (TPSA) is 17.0 Å². The largest absolute Gasteiger partial charge is 0.343 e. The summed E-state index contributed by atoms with van der Waals surface area (Å²) in [4.78, 5) is 0. The average Bonchev–Trinajstić information content (AvgIpc) is 2.84. The van der Waals surface area contributed by atoms with Gasteiger partial charge >= 0.3 is 0 Å². The lowest BCUT2D eigenvalue weighted by Gasteiger charge is -2.15. The van der Waals surface area contributed by atoms with Gasteiger partial charge in [-0.05, 0) is 70.2 Å². The summed E-state index contributed by atoms with van der Waals surface area (Å²) in [5.74, 6) is -0.153. The molecule has 1 heterocycles. The van der Waals surface area contributed by atoms with Crippen LogP contribution in [0.15, 0.2) is 47.7 Å². The van der Waals surface area contributed by atoms with Crippen molar-refractivity contribution in [2.75, 3.05) is 0 Å². The van der Waals surface area contributed by atoms with Crippen LogP contribution in [0.2, 0.25) is 0 Å². The number of rotatable bonds is 8. The molecule has 1 saturated carbocycles. The smallest absolute Gasteiger partial charge is 0.123 e. The Kier molecular flexibility index (Phi) is 8.11. The van der Waals surface area contributed by atoms with Crippen molar-refractivity contribution < 1.29 is 4.39 Å². The SMILES string of the molecule is CC(C)=CCC/C(C)=C/Cn1cc(CNC2CCCCCC2)c2cc(F)ccc21. The third-order valence-corrected chi connectivity index (χ3v) is 6.09. The highest BCUT2D eigenvalue weighted by atomic mass is 19.1. The third-order valence-electron chi connectivity index (χ3n) is 6.09. The molecule has 1 aliphatic carbocycles. The van der Waals surface area contributed by atoms with Crippen LogP contribution >= 0.6 is 0 Å². The molecule has 3 rings (SSSR count). The first-order chi connectivity index (χ1) is 14.0. The zero-order valence-corrected chi connectivity index (χ0v) is 18.4. The first kappa shape index (κ1) is 21.8. The van der Waals surface area contributed by atoms with E-state index in [1.54, 1.807) is 12.1 Å². The molecule has 29 heavy (non-hydrogen) atoms. The number of hydrogen-bond donors (Lipinski definition) is 1. The molecule has 2 nitrogen and oxygen atoms in total. The van der Waals surface area contributed by atoms with Crippen LogP contribution in [0.1, 0.15) is 77.7 Å². The average molecular weight is 397 g/mol. The van der Waals surface area contributed by atoms with E-state index < -0.39 is 0 Å². The Morgan fingerprint density at radius 3 is 2.59 bits per heavy atom. The van der Waals surface area contributed by atoms with Crippen LogP contribution in [0.3, 0.4) is 0 Å². The van der Waals surface area contributed by atoms with Crippen LogP contribution in [-0.4, -0.2) is 10.6 Å². The van der Waals surface area contributed by atoms with Gasteiger partial charge in [-0.15, -0.1) is 0 Å². The van der Waals surface area contributed by atoms with Crippen molar-refractivity contribution in [3.8, 4) is 0 Å². The van der Waals surface area contributed by atoms with E-state index in [4.69, 9.17) is 0 Å². The molecule has 0 amide bonds. The minimum absolute atomic E-state index is 0.153. The molecule has 0 saturated heterocycles. The second-order valence-corrected chi connectivity index (χ2v) is 8.91. The van der Waals surface area contributed by atoms with E-state index in [-0.39, 0.29) is 5.82 Å². The first-order valence-corrected chi connectivity index (χ1v) is 11.3. The first-order valence-electron chi connectivity index (χ1n) is 11.3. The summed E-state index contributed by atoms with van der Waals surface area (Å²) in [5, 5.41) is 4.79. The van der Waals surface area contributed by atoms with Gasteiger partial charge in [0.25, 0.3) is 0 Å². The summed E-state index contributed by atoms with van der Waals surface area (Å²) in [6.07, 6.45) is 16.9. The van der Waals surface area contributed by atoms with E-state index in [0.717, 1.165) is 36.8 Å². The van der Waals surface area contributed by atoms with Crippen molar-refractivity contribution in [1.82, 2.24) is 9.88 Å². The number of halogens is 1. The van der Waals surface area contributed by atoms with E-state index in [2.05, 4.69) is 49.0 Å². The molecule has 1 aromatic carbocycles. The Morgan fingerprint density at radius 1 is 1.10 bits per heavy atom. The van der Waals surface area contributed by atoms with Gasteiger partial charge < -0.3 is 9.88 Å². The van der Waals surface area contributed by atoms with Crippen molar-refractivity contribution in [1.29, 1.82) is 0 Å². The fourth-order valence-electron chi connectivity index (χ4n) is 4.32. The van der Waals surface area contributed by atoms with E-state index in [1.807, 2.05) is 6.07 Å². The molecule has 3 heteroatoms. The number of hydrogen-bond acceptors (Lipinski definition) is 1. The molecule has 0 aliphatic heterocycles. The molecular weight excluding hydrogens is 359 g/mol. The van der Waals surface area contributed by atoms with Crippen molar-refractivity contribution in [3.05, 3.63) is 59.1 Å². The Labute approximate surface area is 175 Å². The second-order valence-electron chi connectivity index (χ2n) is 8.91. The van der Waals surface area contributed by atoms with Gasteiger partial charge in [-0.2, -0.15) is 0 Å². The fraction of sp³-hybridized carbons (Fsp3) is 0.538. The van der Waals surface area contributed by atoms with E-state index in [0.29, 0.717) is 6.04 Å². The summed E-state index contributed by atoms with van der Waals surface area (Å²) in [5.41, 5.74) is 5.11. The lowest BCUT2D eigenvalue weighted by molar-refractivity contribution is 0.459. The van der Waals surface area contributed by atoms with E-state index in [9.17, 15) is 4.39 Å². The summed E-state index contributed by atoms with van der Waals surface area (Å²) in [7, 11) is 0. The number of nitrogens with zero attached hydrogens (tertiary/aromatic N) is 1. The molecule has 0 atom stereocenters. The van der Waals surface area contributed by atoms with Gasteiger partial charge in [0.05, 0.1) is 0 Å². The number of nitrogens with one attached hydrogen (secondary N) is 1. The highest BCUT2D eigenvalue weighted by molar-refractivity contribution is 5.84. The summed E-state index contributed by atoms with van der Waals surface area (Å²) < 4.78 is 16.2. The van der Waals surface area contributed by atoms with Gasteiger partial charge in [-0.25, -0.2) is 4.39 Å². The molecule has 1 aromatic heterocycles. The van der Waals surface area contributed by atoms with Crippen LogP contribution in [0, 0.1) is 5.82 Å². The molecule has 1 fully saturated rings. The molecule has 1 aliphatic rings. The number of aromatic nitrogens is 1. The van der Waals surface area contributed by atoms with Crippen LogP contribution in [-0.2, 0) is 13.1 Å². The van der Waals surface area contributed by atoms with Crippen molar-refractivity contribution in [2.45, 2.75) is 91.3 Å². The highest BCUT2D eigenvalue weighted by Gasteiger charge is 2.14. The van der Waals surface area contributed by atoms with Crippen LogP contribution in [0.5, 0.6) is 0 Å². The number of allylic oxidation sites excluding steroid dienone is 4. The minimum Gasteiger partial charge on any atom is -0.343 e. The quantitative estimate of drug-likeness (QED) is 0.366. The zero-order chi connectivity index (χ0) is 20.6. The molecule has 2 aromatic rings. The van der Waals surface area contributed by atoms with Gasteiger partial charge in [0, 0.05) is 36.2 Å². The zero-order valence-electron chi connectivity index (χ0n) is 18.4. The normalized spacial score (nSPS) is 16.2. The van der Waals surface area contributed by atoms with Gasteiger partial charge in [-0.1, -0.05) is 49.0 Å². The molecule has 0 spiro atoms. The van der Waals surface area contributed by atoms with Crippen molar-refractivity contribution in [3.63, 3.8) is 0 Å². The predicted octanol–water partition coefficient (Wildman–Crippen LogP) is 7.29. The summed E-state index contributed by atoms with van der Waals surface area (Å²) in [6, 6.07) is 5.79. The summed E-state index contributed by atoms with van der Waals surface area (Å²) >= 11 is 0. The van der Waals surface area contributed by atoms with Gasteiger partial charge in [0.2, 0.25) is 0 Å². The van der Waals surface area contributed by atoms with Crippen LogP contribution in [0.25, 0.3) is 10.9 Å². The third kappa shape index (κ3) is 6.57. The van der Waals surface area contributed by atoms with Crippen LogP contribution < -0.4 is 5.32 Å². The Bertz CT molecular complexity index is 847. The van der Waals surface area contributed by atoms with Crippen molar-refractivity contribution >= 4 is 10.9 Å². The van der Waals surface area contributed by atoms with Crippen LogP contribution in [0.4, 0.5) is 4.39 Å². The Balaban J connectivity index is 1.71. The number of benzene rings is 1. The Morgan fingerprint density at radius 2 is 1.86 bits per heavy atom. The molecule has 0 bridgehead atoms. The molecule has 0 unspecified atom stereocenters. The lowest BCUT2D eigenvalue weighted by atomic mass is 10.1. The van der Waals surface area contributed by atoms with Gasteiger partial charge in [0.15, 0.2) is 0 Å². The maximum atomic E-state index is 13.9. The predicted molar refractivity (Wildman–Crippen MR) is 123 cm³/mol. The minimum atomic E-state index is -0.153. The fourth-order valence-corrected chi connectivity index (χ4v) is 4.32. The number of fused-ring (bicyclic) bond motifs is 1. The van der Waals surface area contributed by atoms with Gasteiger partial charge in [-0.3, -0.25) is 0 Å². The lowest BCUT2D eigenvalue weighted by Crippen LogP contribution is -2.27. The standard InChI is InChI=1S/C26H37FN2/c1-20(2)9-8-10-21(3)15-16-29-19-22(25-17-23(27)13-14-26(25)29)18-28-24-11-6-4-5-7-12-24/h9,13-15,17,19,24,28H,4-8,10-12,16,18H2,1-3H3/b21-15+. The molecule has 158 valence electrons. The maximum Gasteiger partial charge on any atom is 0.123 e. The monoisotopic (exact) mass is 396 g/mol. The second kappa shape index (κ2) is 10.8. The van der Waals surface area contributed by atoms with Crippen molar-refractivity contribution in [2.24, 2.45) is 0 Å². The maximum absolute atomic E-state index is 13.9. The van der Waals surface area contributed by atoms with Gasteiger partial charge in [0.1, 0.15) is 5.82 Å². The molecule has 0 radical (unpaired) electrons. The Hall–Kier alpha value is -1.87. The highest BCUT2D eigenvalue weighted by Crippen LogP contribution is 2.24. The molecule has 1 N–H and O–H groups in total. The summed E-state index contributed by atoms with van der Waals surface area (Å²) in [6.45, 7) is 8.16. The van der Waals surface area contributed by atoms with E-state index in [1.165, 1.54) is 55.2 Å².